The second kappa shape index (κ2) is 6.56. The van der Waals surface area contributed by atoms with E-state index in [2.05, 4.69) is 17.1 Å². The highest BCUT2D eigenvalue weighted by Gasteiger charge is 2.36. The van der Waals surface area contributed by atoms with Crippen LogP contribution >= 0.6 is 0 Å². The standard InChI is InChI=1S/C17H23N3O3/c1-11-9-14(11)15-8-7-13(22-15)10-20(3)17(21)6-4-5-16-18-12(2)19-23-16/h7-8,11,14H,4-6,9-10H2,1-3H3. The summed E-state index contributed by atoms with van der Waals surface area (Å²) in [6.45, 7) is 4.53. The monoisotopic (exact) mass is 317 g/mol. The molecule has 2 unspecified atom stereocenters. The van der Waals surface area contributed by atoms with E-state index in [4.69, 9.17) is 8.94 Å². The fourth-order valence-electron chi connectivity index (χ4n) is 2.74. The molecule has 1 fully saturated rings. The number of nitrogens with zero attached hydrogens (tertiary/aromatic N) is 3. The number of rotatable bonds is 7. The summed E-state index contributed by atoms with van der Waals surface area (Å²) in [5.41, 5.74) is 0. The average Bonchev–Trinajstić information content (AvgIpc) is 2.89. The summed E-state index contributed by atoms with van der Waals surface area (Å²) in [4.78, 5) is 18.0. The van der Waals surface area contributed by atoms with E-state index in [0.717, 1.165) is 17.4 Å². The smallest absolute Gasteiger partial charge is 0.226 e. The topological polar surface area (TPSA) is 72.4 Å². The van der Waals surface area contributed by atoms with Gasteiger partial charge in [-0.2, -0.15) is 4.98 Å². The van der Waals surface area contributed by atoms with Crippen LogP contribution in [0.25, 0.3) is 0 Å². The minimum absolute atomic E-state index is 0.0963. The number of amides is 1. The van der Waals surface area contributed by atoms with Gasteiger partial charge in [0.05, 0.1) is 6.54 Å². The fourth-order valence-corrected chi connectivity index (χ4v) is 2.74. The normalized spacial score (nSPS) is 19.8. The highest BCUT2D eigenvalue weighted by molar-refractivity contribution is 5.75. The van der Waals surface area contributed by atoms with Crippen LogP contribution in [0.2, 0.25) is 0 Å². The zero-order valence-corrected chi connectivity index (χ0v) is 13.9. The van der Waals surface area contributed by atoms with Crippen molar-refractivity contribution >= 4 is 5.91 Å². The van der Waals surface area contributed by atoms with E-state index in [1.165, 1.54) is 6.42 Å². The van der Waals surface area contributed by atoms with Crippen molar-refractivity contribution in [2.45, 2.75) is 52.0 Å². The van der Waals surface area contributed by atoms with Gasteiger partial charge in [-0.15, -0.1) is 0 Å². The van der Waals surface area contributed by atoms with Crippen molar-refractivity contribution in [1.82, 2.24) is 15.0 Å². The Hall–Kier alpha value is -2.11. The summed E-state index contributed by atoms with van der Waals surface area (Å²) in [5, 5.41) is 3.74. The number of carbonyl (C=O) groups excluding carboxylic acids is 1. The second-order valence-corrected chi connectivity index (χ2v) is 6.46. The molecule has 1 aliphatic carbocycles. The lowest BCUT2D eigenvalue weighted by atomic mass is 10.2. The summed E-state index contributed by atoms with van der Waals surface area (Å²) in [6, 6.07) is 4.02. The summed E-state index contributed by atoms with van der Waals surface area (Å²) in [7, 11) is 1.81. The third-order valence-corrected chi connectivity index (χ3v) is 4.33. The zero-order chi connectivity index (χ0) is 16.4. The predicted molar refractivity (Wildman–Crippen MR) is 83.7 cm³/mol. The summed E-state index contributed by atoms with van der Waals surface area (Å²) in [5.74, 6) is 4.51. The Labute approximate surface area is 135 Å². The molecule has 0 spiro atoms. The Bertz CT molecular complexity index is 676. The molecule has 0 bridgehead atoms. The van der Waals surface area contributed by atoms with Crippen LogP contribution in [0, 0.1) is 12.8 Å². The number of carbonyl (C=O) groups is 1. The third-order valence-electron chi connectivity index (χ3n) is 4.33. The molecule has 2 aromatic rings. The number of hydrogen-bond donors (Lipinski definition) is 0. The van der Waals surface area contributed by atoms with Crippen molar-refractivity contribution in [3.8, 4) is 0 Å². The van der Waals surface area contributed by atoms with Crippen LogP contribution in [-0.4, -0.2) is 28.0 Å². The maximum atomic E-state index is 12.2. The van der Waals surface area contributed by atoms with E-state index >= 15 is 0 Å². The first kappa shape index (κ1) is 15.8. The first-order chi connectivity index (χ1) is 11.0. The van der Waals surface area contributed by atoms with Gasteiger partial charge in [-0.05, 0) is 37.8 Å². The van der Waals surface area contributed by atoms with Crippen LogP contribution in [0.1, 0.15) is 55.3 Å². The number of aryl methyl sites for hydroxylation is 2. The average molecular weight is 317 g/mol. The Balaban J connectivity index is 1.43. The molecule has 0 radical (unpaired) electrons. The largest absolute Gasteiger partial charge is 0.464 e. The maximum Gasteiger partial charge on any atom is 0.226 e. The van der Waals surface area contributed by atoms with E-state index in [1.54, 1.807) is 18.9 Å². The molecule has 23 heavy (non-hydrogen) atoms. The Kier molecular flexibility index (Phi) is 4.50. The van der Waals surface area contributed by atoms with Gasteiger partial charge in [0.15, 0.2) is 5.82 Å². The molecule has 0 N–H and O–H groups in total. The van der Waals surface area contributed by atoms with Crippen LogP contribution in [0.3, 0.4) is 0 Å². The quantitative estimate of drug-likeness (QED) is 0.784. The van der Waals surface area contributed by atoms with Gasteiger partial charge in [-0.3, -0.25) is 4.79 Å². The van der Waals surface area contributed by atoms with Crippen LogP contribution < -0.4 is 0 Å². The Morgan fingerprint density at radius 1 is 1.43 bits per heavy atom. The molecule has 3 rings (SSSR count). The number of furan rings is 1. The Morgan fingerprint density at radius 3 is 2.87 bits per heavy atom. The van der Waals surface area contributed by atoms with Crippen molar-refractivity contribution in [2.24, 2.45) is 5.92 Å². The Morgan fingerprint density at radius 2 is 2.22 bits per heavy atom. The maximum absolute atomic E-state index is 12.2. The number of hydrogen-bond acceptors (Lipinski definition) is 5. The summed E-state index contributed by atoms with van der Waals surface area (Å²) in [6.07, 6.45) is 3.00. The highest BCUT2D eigenvalue weighted by Crippen LogP contribution is 2.47. The first-order valence-electron chi connectivity index (χ1n) is 8.14. The molecule has 0 aliphatic heterocycles. The van der Waals surface area contributed by atoms with Crippen molar-refractivity contribution in [3.05, 3.63) is 35.4 Å². The molecule has 0 aromatic carbocycles. The lowest BCUT2D eigenvalue weighted by molar-refractivity contribution is -0.130. The molecule has 2 aromatic heterocycles. The van der Waals surface area contributed by atoms with Gasteiger partial charge < -0.3 is 13.8 Å². The van der Waals surface area contributed by atoms with Gasteiger partial charge in [0.25, 0.3) is 0 Å². The highest BCUT2D eigenvalue weighted by atomic mass is 16.5. The summed E-state index contributed by atoms with van der Waals surface area (Å²) < 4.78 is 10.9. The molecule has 0 saturated heterocycles. The van der Waals surface area contributed by atoms with Gasteiger partial charge >= 0.3 is 0 Å². The minimum Gasteiger partial charge on any atom is -0.464 e. The minimum atomic E-state index is 0.0963. The molecule has 1 saturated carbocycles. The molecule has 6 heteroatoms. The molecule has 2 atom stereocenters. The third kappa shape index (κ3) is 4.00. The van der Waals surface area contributed by atoms with E-state index < -0.39 is 0 Å². The van der Waals surface area contributed by atoms with Gasteiger partial charge in [0.1, 0.15) is 11.5 Å². The van der Waals surface area contributed by atoms with Crippen molar-refractivity contribution in [1.29, 1.82) is 0 Å². The van der Waals surface area contributed by atoms with Gasteiger partial charge in [-0.25, -0.2) is 0 Å². The number of aromatic nitrogens is 2. The molecule has 6 nitrogen and oxygen atoms in total. The summed E-state index contributed by atoms with van der Waals surface area (Å²) >= 11 is 0. The van der Waals surface area contributed by atoms with Gasteiger partial charge in [0.2, 0.25) is 11.8 Å². The van der Waals surface area contributed by atoms with Crippen LogP contribution in [0.15, 0.2) is 21.1 Å². The molecule has 1 aliphatic rings. The molecular formula is C17H23N3O3. The molecule has 1 amide bonds. The van der Waals surface area contributed by atoms with E-state index in [-0.39, 0.29) is 5.91 Å². The second-order valence-electron chi connectivity index (χ2n) is 6.46. The predicted octanol–water partition coefficient (Wildman–Crippen LogP) is 3.08. The van der Waals surface area contributed by atoms with E-state index in [1.807, 2.05) is 12.1 Å². The fraction of sp³-hybridized carbons (Fsp3) is 0.588. The van der Waals surface area contributed by atoms with Crippen LogP contribution in [0.5, 0.6) is 0 Å². The molecular weight excluding hydrogens is 294 g/mol. The zero-order valence-electron chi connectivity index (χ0n) is 13.9. The van der Waals surface area contributed by atoms with Crippen LogP contribution in [-0.2, 0) is 17.8 Å². The van der Waals surface area contributed by atoms with Crippen LogP contribution in [0.4, 0.5) is 0 Å². The van der Waals surface area contributed by atoms with Gasteiger partial charge in [-0.1, -0.05) is 12.1 Å². The van der Waals surface area contributed by atoms with E-state index in [9.17, 15) is 4.79 Å². The van der Waals surface area contributed by atoms with Crippen molar-refractivity contribution in [2.75, 3.05) is 7.05 Å². The first-order valence-corrected chi connectivity index (χ1v) is 8.14. The van der Waals surface area contributed by atoms with Gasteiger partial charge in [0, 0.05) is 25.8 Å². The SMILES string of the molecule is Cc1noc(CCCC(=O)N(C)Cc2ccc(C3CC3C)o2)n1. The lowest BCUT2D eigenvalue weighted by Gasteiger charge is -2.15. The van der Waals surface area contributed by atoms with E-state index in [0.29, 0.717) is 43.4 Å². The van der Waals surface area contributed by atoms with Crippen molar-refractivity contribution < 1.29 is 13.7 Å². The van der Waals surface area contributed by atoms with Crippen molar-refractivity contribution in [3.63, 3.8) is 0 Å². The molecule has 2 heterocycles. The lowest BCUT2D eigenvalue weighted by Crippen LogP contribution is -2.25. The molecule has 124 valence electrons.